The Balaban J connectivity index is 1.24. The summed E-state index contributed by atoms with van der Waals surface area (Å²) in [7, 11) is 1.86. The van der Waals surface area contributed by atoms with Crippen molar-refractivity contribution in [3.05, 3.63) is 71.0 Å². The third kappa shape index (κ3) is 3.64. The van der Waals surface area contributed by atoms with Crippen LogP contribution in [0.25, 0.3) is 21.1 Å². The first-order chi connectivity index (χ1) is 16.6. The Bertz CT molecular complexity index is 1420. The van der Waals surface area contributed by atoms with E-state index in [2.05, 4.69) is 44.6 Å². The van der Waals surface area contributed by atoms with Gasteiger partial charge in [0.25, 0.3) is 5.91 Å². The summed E-state index contributed by atoms with van der Waals surface area (Å²) in [6, 6.07) is 10.0. The SMILES string of the molecule is Cc1c(C(=O)N(C)Cc2cccc3ncccc23)sc2ncnc(NCC3C[C@@H]4C=C[C@H]3C4)c12. The number of anilines is 1. The molecule has 34 heavy (non-hydrogen) atoms. The molecule has 1 unspecified atom stereocenters. The molecule has 4 aromatic rings. The molecule has 1 amide bonds. The molecule has 3 heterocycles. The van der Waals surface area contributed by atoms with E-state index < -0.39 is 0 Å². The maximum atomic E-state index is 13.5. The van der Waals surface area contributed by atoms with Crippen LogP contribution in [0.4, 0.5) is 5.82 Å². The summed E-state index contributed by atoms with van der Waals surface area (Å²) >= 11 is 1.45. The highest BCUT2D eigenvalue weighted by Crippen LogP contribution is 2.43. The van der Waals surface area contributed by atoms with Crippen LogP contribution in [-0.4, -0.2) is 39.4 Å². The van der Waals surface area contributed by atoms with Crippen molar-refractivity contribution in [3.63, 3.8) is 0 Å². The van der Waals surface area contributed by atoms with Crippen molar-refractivity contribution in [3.8, 4) is 0 Å². The number of thiophene rings is 1. The van der Waals surface area contributed by atoms with Crippen LogP contribution in [0.5, 0.6) is 0 Å². The van der Waals surface area contributed by atoms with Gasteiger partial charge in [-0.1, -0.05) is 30.4 Å². The van der Waals surface area contributed by atoms with Gasteiger partial charge in [-0.25, -0.2) is 9.97 Å². The molecule has 0 saturated heterocycles. The molecule has 0 aliphatic heterocycles. The highest BCUT2D eigenvalue weighted by molar-refractivity contribution is 7.20. The van der Waals surface area contributed by atoms with E-state index in [0.29, 0.717) is 18.4 Å². The summed E-state index contributed by atoms with van der Waals surface area (Å²) in [6.07, 6.45) is 10.7. The lowest BCUT2D eigenvalue weighted by Gasteiger charge is -2.19. The molecule has 1 N–H and O–H groups in total. The van der Waals surface area contributed by atoms with Gasteiger partial charge in [-0.15, -0.1) is 11.3 Å². The fourth-order valence-electron chi connectivity index (χ4n) is 5.57. The number of rotatable bonds is 6. The molecule has 2 bridgehead atoms. The fraction of sp³-hybridized carbons (Fsp3) is 0.333. The maximum absolute atomic E-state index is 13.5. The van der Waals surface area contributed by atoms with E-state index >= 15 is 0 Å². The molecule has 1 saturated carbocycles. The second-order valence-electron chi connectivity index (χ2n) is 9.53. The number of nitrogens with one attached hydrogen (secondary N) is 1. The standard InChI is InChI=1S/C27H27N5OS/c1-16-23-25(29-13-20-12-17-8-9-18(20)11-17)30-15-31-26(23)34-24(16)27(33)32(2)14-19-5-3-7-22-21(19)6-4-10-28-22/h3-10,15,17-18,20H,11-14H2,1-2H3,(H,29,30,31)/t17-,18+,20?/m1/s1. The molecule has 0 spiro atoms. The van der Waals surface area contributed by atoms with E-state index in [9.17, 15) is 4.79 Å². The lowest BCUT2D eigenvalue weighted by molar-refractivity contribution is 0.0790. The minimum atomic E-state index is 0.00517. The Morgan fingerprint density at radius 1 is 1.15 bits per heavy atom. The van der Waals surface area contributed by atoms with Crippen molar-refractivity contribution in [2.45, 2.75) is 26.3 Å². The van der Waals surface area contributed by atoms with Gasteiger partial charge in [0.15, 0.2) is 0 Å². The Kier molecular flexibility index (Phi) is 5.29. The molecule has 1 fully saturated rings. The van der Waals surface area contributed by atoms with Gasteiger partial charge >= 0.3 is 0 Å². The molecule has 2 aliphatic carbocycles. The second kappa shape index (κ2) is 8.47. The zero-order valence-corrected chi connectivity index (χ0v) is 20.2. The quantitative estimate of drug-likeness (QED) is 0.381. The topological polar surface area (TPSA) is 71.0 Å². The van der Waals surface area contributed by atoms with Crippen LogP contribution in [0.3, 0.4) is 0 Å². The summed E-state index contributed by atoms with van der Waals surface area (Å²) in [5.74, 6) is 2.94. The summed E-state index contributed by atoms with van der Waals surface area (Å²) in [6.45, 7) is 3.44. The van der Waals surface area contributed by atoms with Crippen molar-refractivity contribution in [2.75, 3.05) is 18.9 Å². The third-order valence-corrected chi connectivity index (χ3v) is 8.55. The van der Waals surface area contributed by atoms with Gasteiger partial charge in [0, 0.05) is 31.7 Å². The Morgan fingerprint density at radius 2 is 2.06 bits per heavy atom. The third-order valence-electron chi connectivity index (χ3n) is 7.36. The van der Waals surface area contributed by atoms with E-state index in [1.165, 1.54) is 24.2 Å². The lowest BCUT2D eigenvalue weighted by Crippen LogP contribution is -2.26. The summed E-state index contributed by atoms with van der Waals surface area (Å²) in [5, 5.41) is 5.63. The van der Waals surface area contributed by atoms with E-state index in [1.54, 1.807) is 17.4 Å². The smallest absolute Gasteiger partial charge is 0.264 e. The lowest BCUT2D eigenvalue weighted by atomic mass is 9.93. The van der Waals surface area contributed by atoms with E-state index in [0.717, 1.165) is 55.4 Å². The largest absolute Gasteiger partial charge is 0.369 e. The van der Waals surface area contributed by atoms with Crippen molar-refractivity contribution in [2.24, 2.45) is 17.8 Å². The molecule has 6 rings (SSSR count). The van der Waals surface area contributed by atoms with Crippen LogP contribution >= 0.6 is 11.3 Å². The number of pyridine rings is 1. The zero-order chi connectivity index (χ0) is 23.2. The summed E-state index contributed by atoms with van der Waals surface area (Å²) in [4.78, 5) is 30.3. The van der Waals surface area contributed by atoms with Crippen molar-refractivity contribution >= 4 is 44.2 Å². The van der Waals surface area contributed by atoms with Crippen LogP contribution in [0.1, 0.15) is 33.6 Å². The van der Waals surface area contributed by atoms with Gasteiger partial charge in [0.2, 0.25) is 0 Å². The summed E-state index contributed by atoms with van der Waals surface area (Å²) < 4.78 is 0. The predicted octanol–water partition coefficient (Wildman–Crippen LogP) is 5.44. The van der Waals surface area contributed by atoms with E-state index in [1.807, 2.05) is 32.2 Å². The van der Waals surface area contributed by atoms with Crippen LogP contribution < -0.4 is 5.32 Å². The average molecular weight is 470 g/mol. The highest BCUT2D eigenvalue weighted by Gasteiger charge is 2.35. The molecule has 6 nitrogen and oxygen atoms in total. The Labute approximate surface area is 202 Å². The summed E-state index contributed by atoms with van der Waals surface area (Å²) in [5.41, 5.74) is 2.98. The predicted molar refractivity (Wildman–Crippen MR) is 137 cm³/mol. The van der Waals surface area contributed by atoms with Crippen molar-refractivity contribution in [1.82, 2.24) is 19.9 Å². The molecular weight excluding hydrogens is 442 g/mol. The average Bonchev–Trinajstić information content (AvgIpc) is 3.57. The fourth-order valence-corrected chi connectivity index (χ4v) is 6.72. The first-order valence-corrected chi connectivity index (χ1v) is 12.6. The van der Waals surface area contributed by atoms with Gasteiger partial charge in [-0.05, 0) is 60.8 Å². The van der Waals surface area contributed by atoms with E-state index in [4.69, 9.17) is 0 Å². The molecular formula is C27H27N5OS. The number of amides is 1. The Morgan fingerprint density at radius 3 is 2.88 bits per heavy atom. The number of nitrogens with zero attached hydrogens (tertiary/aromatic N) is 4. The number of fused-ring (bicyclic) bond motifs is 4. The minimum Gasteiger partial charge on any atom is -0.369 e. The molecule has 3 atom stereocenters. The van der Waals surface area contributed by atoms with Gasteiger partial charge in [0.1, 0.15) is 17.0 Å². The van der Waals surface area contributed by atoms with Crippen molar-refractivity contribution < 1.29 is 4.79 Å². The van der Waals surface area contributed by atoms with Gasteiger partial charge in [-0.3, -0.25) is 9.78 Å². The second-order valence-corrected chi connectivity index (χ2v) is 10.5. The van der Waals surface area contributed by atoms with Gasteiger partial charge in [-0.2, -0.15) is 0 Å². The molecule has 3 aromatic heterocycles. The van der Waals surface area contributed by atoms with Gasteiger partial charge < -0.3 is 10.2 Å². The number of aryl methyl sites for hydroxylation is 1. The molecule has 172 valence electrons. The molecule has 0 radical (unpaired) electrons. The first-order valence-electron chi connectivity index (χ1n) is 11.8. The number of carbonyl (C=O) groups excluding carboxylic acids is 1. The monoisotopic (exact) mass is 469 g/mol. The van der Waals surface area contributed by atoms with Crippen LogP contribution in [-0.2, 0) is 6.54 Å². The zero-order valence-electron chi connectivity index (χ0n) is 19.4. The molecule has 1 aromatic carbocycles. The van der Waals surface area contributed by atoms with E-state index in [-0.39, 0.29) is 5.91 Å². The van der Waals surface area contributed by atoms with Crippen LogP contribution in [0.15, 0.2) is 55.0 Å². The number of aromatic nitrogens is 3. The normalized spacial score (nSPS) is 20.9. The van der Waals surface area contributed by atoms with Crippen LogP contribution in [0, 0.1) is 24.7 Å². The molecule has 7 heteroatoms. The number of carbonyl (C=O) groups is 1. The number of allylic oxidation sites excluding steroid dienone is 2. The first kappa shape index (κ1) is 21.2. The molecule has 2 aliphatic rings. The minimum absolute atomic E-state index is 0.00517. The number of hydrogen-bond donors (Lipinski definition) is 1. The highest BCUT2D eigenvalue weighted by atomic mass is 32.1. The number of benzene rings is 1. The number of hydrogen-bond acceptors (Lipinski definition) is 6. The Hall–Kier alpha value is -3.32. The van der Waals surface area contributed by atoms with Crippen LogP contribution in [0.2, 0.25) is 0 Å². The van der Waals surface area contributed by atoms with Gasteiger partial charge in [0.05, 0.1) is 15.8 Å². The van der Waals surface area contributed by atoms with Crippen molar-refractivity contribution in [1.29, 1.82) is 0 Å². The maximum Gasteiger partial charge on any atom is 0.264 e.